The highest BCUT2D eigenvalue weighted by molar-refractivity contribution is 5.95. The first-order chi connectivity index (χ1) is 10.2. The molecule has 4 heteroatoms. The van der Waals surface area contributed by atoms with Crippen molar-refractivity contribution in [3.63, 3.8) is 0 Å². The summed E-state index contributed by atoms with van der Waals surface area (Å²) in [5, 5.41) is 2.92. The molecule has 1 heterocycles. The van der Waals surface area contributed by atoms with Crippen molar-refractivity contribution in [2.24, 2.45) is 0 Å². The summed E-state index contributed by atoms with van der Waals surface area (Å²) < 4.78 is 5.01. The van der Waals surface area contributed by atoms with Crippen LogP contribution in [0, 0.1) is 0 Å². The Morgan fingerprint density at radius 3 is 2.57 bits per heavy atom. The molecule has 0 spiro atoms. The number of methoxy groups -OCH3 is 1. The first-order valence-electron chi connectivity index (χ1n) is 7.10. The Kier molecular flexibility index (Phi) is 5.32. The lowest BCUT2D eigenvalue weighted by Gasteiger charge is -2.16. The molecule has 0 bridgehead atoms. The zero-order valence-corrected chi connectivity index (χ0v) is 12.4. The van der Waals surface area contributed by atoms with Gasteiger partial charge in [0, 0.05) is 6.07 Å². The number of amides is 1. The quantitative estimate of drug-likeness (QED) is 0.881. The number of nitrogens with one attached hydrogen (secondary N) is 1. The fourth-order valence-corrected chi connectivity index (χ4v) is 2.23. The number of carbonyl (C=O) groups excluding carboxylic acids is 1. The van der Waals surface area contributed by atoms with E-state index in [1.165, 1.54) is 0 Å². The van der Waals surface area contributed by atoms with Crippen molar-refractivity contribution in [2.75, 3.05) is 12.4 Å². The molecule has 0 aliphatic carbocycles. The first kappa shape index (κ1) is 15.0. The average molecular weight is 284 g/mol. The second-order valence-corrected chi connectivity index (χ2v) is 4.83. The van der Waals surface area contributed by atoms with Gasteiger partial charge in [-0.15, -0.1) is 0 Å². The van der Waals surface area contributed by atoms with Gasteiger partial charge >= 0.3 is 0 Å². The molecule has 1 N–H and O–H groups in total. The molecule has 1 amide bonds. The molecule has 2 rings (SSSR count). The highest BCUT2D eigenvalue weighted by Crippen LogP contribution is 2.23. The Hall–Kier alpha value is -2.36. The number of benzene rings is 1. The number of aromatic nitrogens is 1. The lowest BCUT2D eigenvalue weighted by atomic mass is 9.93. The second kappa shape index (κ2) is 7.43. The van der Waals surface area contributed by atoms with E-state index in [1.807, 2.05) is 30.3 Å². The third-order valence-corrected chi connectivity index (χ3v) is 3.31. The molecule has 1 aromatic carbocycles. The van der Waals surface area contributed by atoms with Crippen LogP contribution < -0.4 is 10.1 Å². The number of hydrogen-bond donors (Lipinski definition) is 1. The van der Waals surface area contributed by atoms with Crippen molar-refractivity contribution < 1.29 is 9.53 Å². The van der Waals surface area contributed by atoms with Gasteiger partial charge in [0.15, 0.2) is 0 Å². The lowest BCUT2D eigenvalue weighted by Crippen LogP contribution is -2.21. The summed E-state index contributed by atoms with van der Waals surface area (Å²) in [6.07, 6.45) is 3.37. The summed E-state index contributed by atoms with van der Waals surface area (Å²) in [5.74, 6) is 0.384. The number of carbonyl (C=O) groups is 1. The van der Waals surface area contributed by atoms with Gasteiger partial charge < -0.3 is 10.1 Å². The van der Waals surface area contributed by atoms with E-state index in [0.717, 1.165) is 18.4 Å². The molecule has 110 valence electrons. The SMILES string of the molecule is CCCC(C(=O)Nc1ccc(OC)nc1)c1ccccc1. The minimum Gasteiger partial charge on any atom is -0.481 e. The van der Waals surface area contributed by atoms with E-state index in [-0.39, 0.29) is 11.8 Å². The molecule has 21 heavy (non-hydrogen) atoms. The number of ether oxygens (including phenoxy) is 1. The second-order valence-electron chi connectivity index (χ2n) is 4.83. The Labute approximate surface area is 125 Å². The molecule has 1 atom stereocenters. The Balaban J connectivity index is 2.11. The number of rotatable bonds is 6. The molecule has 0 aliphatic heterocycles. The van der Waals surface area contributed by atoms with Crippen LogP contribution in [0.4, 0.5) is 5.69 Å². The van der Waals surface area contributed by atoms with Crippen molar-refractivity contribution in [1.82, 2.24) is 4.98 Å². The van der Waals surface area contributed by atoms with Gasteiger partial charge in [-0.05, 0) is 18.1 Å². The van der Waals surface area contributed by atoms with Crippen LogP contribution in [0.15, 0.2) is 48.7 Å². The molecule has 0 aliphatic rings. The zero-order chi connectivity index (χ0) is 15.1. The molecule has 1 aromatic heterocycles. The van der Waals surface area contributed by atoms with Crippen molar-refractivity contribution in [3.8, 4) is 5.88 Å². The van der Waals surface area contributed by atoms with Crippen LogP contribution in [-0.4, -0.2) is 18.0 Å². The molecular formula is C17H20N2O2. The highest BCUT2D eigenvalue weighted by Gasteiger charge is 2.19. The number of pyridine rings is 1. The van der Waals surface area contributed by atoms with Crippen LogP contribution >= 0.6 is 0 Å². The van der Waals surface area contributed by atoms with Crippen LogP contribution in [0.25, 0.3) is 0 Å². The molecule has 2 aromatic rings. The molecular weight excluding hydrogens is 264 g/mol. The standard InChI is InChI=1S/C17H20N2O2/c1-3-7-15(13-8-5-4-6-9-13)17(20)19-14-10-11-16(21-2)18-12-14/h4-6,8-12,15H,3,7H2,1-2H3,(H,19,20). The van der Waals surface area contributed by atoms with Gasteiger partial charge in [0.1, 0.15) is 0 Å². The van der Waals surface area contributed by atoms with Gasteiger partial charge in [-0.1, -0.05) is 43.7 Å². The van der Waals surface area contributed by atoms with Crippen molar-refractivity contribution >= 4 is 11.6 Å². The smallest absolute Gasteiger partial charge is 0.231 e. The van der Waals surface area contributed by atoms with Crippen LogP contribution in [0.5, 0.6) is 5.88 Å². The topological polar surface area (TPSA) is 51.2 Å². The third kappa shape index (κ3) is 4.05. The summed E-state index contributed by atoms with van der Waals surface area (Å²) >= 11 is 0. The first-order valence-corrected chi connectivity index (χ1v) is 7.10. The molecule has 0 radical (unpaired) electrons. The van der Waals surface area contributed by atoms with Gasteiger partial charge in [-0.2, -0.15) is 0 Å². The monoisotopic (exact) mass is 284 g/mol. The lowest BCUT2D eigenvalue weighted by molar-refractivity contribution is -0.117. The molecule has 1 unspecified atom stereocenters. The summed E-state index contributed by atoms with van der Waals surface area (Å²) in [4.78, 5) is 16.6. The predicted molar refractivity (Wildman–Crippen MR) is 83.5 cm³/mol. The van der Waals surface area contributed by atoms with Crippen molar-refractivity contribution in [1.29, 1.82) is 0 Å². The Morgan fingerprint density at radius 2 is 2.00 bits per heavy atom. The van der Waals surface area contributed by atoms with E-state index < -0.39 is 0 Å². The average Bonchev–Trinajstić information content (AvgIpc) is 2.54. The maximum Gasteiger partial charge on any atom is 0.231 e. The zero-order valence-electron chi connectivity index (χ0n) is 12.4. The van der Waals surface area contributed by atoms with E-state index >= 15 is 0 Å². The van der Waals surface area contributed by atoms with Crippen LogP contribution in [0.3, 0.4) is 0 Å². The molecule has 0 saturated carbocycles. The van der Waals surface area contributed by atoms with E-state index in [2.05, 4.69) is 17.2 Å². The normalized spacial score (nSPS) is 11.7. The highest BCUT2D eigenvalue weighted by atomic mass is 16.5. The van der Waals surface area contributed by atoms with E-state index in [0.29, 0.717) is 11.6 Å². The summed E-state index contributed by atoms with van der Waals surface area (Å²) in [6, 6.07) is 13.4. The molecule has 4 nitrogen and oxygen atoms in total. The number of anilines is 1. The molecule has 0 saturated heterocycles. The van der Waals surface area contributed by atoms with Crippen LogP contribution in [0.2, 0.25) is 0 Å². The Bertz CT molecular complexity index is 567. The van der Waals surface area contributed by atoms with Gasteiger partial charge in [-0.3, -0.25) is 4.79 Å². The van der Waals surface area contributed by atoms with Crippen molar-refractivity contribution in [3.05, 3.63) is 54.2 Å². The van der Waals surface area contributed by atoms with Gasteiger partial charge in [0.05, 0.1) is 24.9 Å². The number of hydrogen-bond acceptors (Lipinski definition) is 3. The van der Waals surface area contributed by atoms with Gasteiger partial charge in [0.25, 0.3) is 0 Å². The van der Waals surface area contributed by atoms with Gasteiger partial charge in [-0.25, -0.2) is 4.98 Å². The summed E-state index contributed by atoms with van der Waals surface area (Å²) in [7, 11) is 1.56. The maximum absolute atomic E-state index is 12.5. The fourth-order valence-electron chi connectivity index (χ4n) is 2.23. The summed E-state index contributed by atoms with van der Waals surface area (Å²) in [5.41, 5.74) is 1.72. The minimum atomic E-state index is -0.140. The minimum absolute atomic E-state index is 0.00461. The summed E-state index contributed by atoms with van der Waals surface area (Å²) in [6.45, 7) is 2.08. The largest absolute Gasteiger partial charge is 0.481 e. The molecule has 0 fully saturated rings. The van der Waals surface area contributed by atoms with Crippen LogP contribution in [0.1, 0.15) is 31.2 Å². The van der Waals surface area contributed by atoms with E-state index in [9.17, 15) is 4.79 Å². The fraction of sp³-hybridized carbons (Fsp3) is 0.294. The van der Waals surface area contributed by atoms with Gasteiger partial charge in [0.2, 0.25) is 11.8 Å². The number of nitrogens with zero attached hydrogens (tertiary/aromatic N) is 1. The maximum atomic E-state index is 12.5. The predicted octanol–water partition coefficient (Wildman–Crippen LogP) is 3.61. The van der Waals surface area contributed by atoms with Crippen LogP contribution in [-0.2, 0) is 4.79 Å². The Morgan fingerprint density at radius 1 is 1.24 bits per heavy atom. The van der Waals surface area contributed by atoms with E-state index in [4.69, 9.17) is 4.74 Å². The third-order valence-electron chi connectivity index (χ3n) is 3.31. The van der Waals surface area contributed by atoms with Crippen molar-refractivity contribution in [2.45, 2.75) is 25.7 Å². The van der Waals surface area contributed by atoms with E-state index in [1.54, 1.807) is 25.4 Å².